The van der Waals surface area contributed by atoms with Gasteiger partial charge >= 0.3 is 0 Å². The summed E-state index contributed by atoms with van der Waals surface area (Å²) in [6.45, 7) is 0.313. The first kappa shape index (κ1) is 11.2. The average molecular weight is 260 g/mol. The van der Waals surface area contributed by atoms with Gasteiger partial charge in [-0.2, -0.15) is 0 Å². The van der Waals surface area contributed by atoms with Gasteiger partial charge in [-0.3, -0.25) is 0 Å². The van der Waals surface area contributed by atoms with Gasteiger partial charge < -0.3 is 15.2 Å². The largest absolute Gasteiger partial charge is 0.454 e. The maximum atomic E-state index is 5.54. The molecule has 0 atom stereocenters. The van der Waals surface area contributed by atoms with Crippen LogP contribution < -0.4 is 15.2 Å². The van der Waals surface area contributed by atoms with Crippen LogP contribution in [0.4, 0.5) is 5.82 Å². The van der Waals surface area contributed by atoms with Crippen molar-refractivity contribution in [2.45, 2.75) is 10.6 Å². The van der Waals surface area contributed by atoms with Gasteiger partial charge in [-0.15, -0.1) is 11.8 Å². The summed E-state index contributed by atoms with van der Waals surface area (Å²) in [5.41, 5.74) is 6.74. The van der Waals surface area contributed by atoms with Gasteiger partial charge in [0.05, 0.1) is 0 Å². The summed E-state index contributed by atoms with van der Waals surface area (Å²) >= 11 is 1.71. The molecule has 4 nitrogen and oxygen atoms in total. The molecule has 5 heteroatoms. The minimum absolute atomic E-state index is 0.313. The Morgan fingerprint density at radius 1 is 1.17 bits per heavy atom. The molecule has 1 aromatic heterocycles. The molecular formula is C13H12N2O2S. The average Bonchev–Trinajstić information content (AvgIpc) is 2.85. The van der Waals surface area contributed by atoms with Crippen LogP contribution in [0.1, 0.15) is 5.56 Å². The van der Waals surface area contributed by atoms with Crippen LogP contribution in [0.3, 0.4) is 0 Å². The summed E-state index contributed by atoms with van der Waals surface area (Å²) in [7, 11) is 0. The van der Waals surface area contributed by atoms with Crippen molar-refractivity contribution >= 4 is 17.6 Å². The Bertz CT molecular complexity index is 557. The monoisotopic (exact) mass is 260 g/mol. The van der Waals surface area contributed by atoms with Crippen LogP contribution in [-0.2, 0) is 5.75 Å². The van der Waals surface area contributed by atoms with E-state index in [4.69, 9.17) is 15.2 Å². The van der Waals surface area contributed by atoms with Gasteiger partial charge in [0, 0.05) is 16.8 Å². The van der Waals surface area contributed by atoms with Crippen LogP contribution in [0, 0.1) is 0 Å². The summed E-state index contributed by atoms with van der Waals surface area (Å²) in [4.78, 5) is 5.16. The Morgan fingerprint density at radius 3 is 2.89 bits per heavy atom. The second kappa shape index (κ2) is 4.78. The van der Waals surface area contributed by atoms with E-state index in [1.165, 1.54) is 5.56 Å². The number of ether oxygens (including phenoxy) is 2. The molecule has 1 aromatic carbocycles. The van der Waals surface area contributed by atoms with Gasteiger partial charge in [-0.1, -0.05) is 6.07 Å². The van der Waals surface area contributed by atoms with Gasteiger partial charge in [0.25, 0.3) is 0 Å². The highest BCUT2D eigenvalue weighted by Gasteiger charge is 2.13. The Balaban J connectivity index is 1.68. The first-order valence-electron chi connectivity index (χ1n) is 5.54. The molecule has 1 aliphatic heterocycles. The highest BCUT2D eigenvalue weighted by molar-refractivity contribution is 7.98. The number of fused-ring (bicyclic) bond motifs is 1. The second-order valence-corrected chi connectivity index (χ2v) is 4.94. The number of thioether (sulfide) groups is 1. The zero-order chi connectivity index (χ0) is 12.4. The summed E-state index contributed by atoms with van der Waals surface area (Å²) in [5, 5.41) is 0. The highest BCUT2D eigenvalue weighted by Crippen LogP contribution is 2.34. The lowest BCUT2D eigenvalue weighted by Gasteiger charge is -2.03. The Morgan fingerprint density at radius 2 is 2.06 bits per heavy atom. The number of nitrogens with two attached hydrogens (primary N) is 1. The van der Waals surface area contributed by atoms with Crippen LogP contribution in [0.15, 0.2) is 41.4 Å². The fourth-order valence-corrected chi connectivity index (χ4v) is 2.48. The lowest BCUT2D eigenvalue weighted by molar-refractivity contribution is 0.174. The number of hydrogen-bond acceptors (Lipinski definition) is 5. The topological polar surface area (TPSA) is 57.4 Å². The van der Waals surface area contributed by atoms with Crippen molar-refractivity contribution in [1.82, 2.24) is 4.98 Å². The lowest BCUT2D eigenvalue weighted by Crippen LogP contribution is -1.92. The number of hydrogen-bond donors (Lipinski definition) is 1. The smallest absolute Gasteiger partial charge is 0.231 e. The van der Waals surface area contributed by atoms with E-state index < -0.39 is 0 Å². The molecule has 0 radical (unpaired) electrons. The highest BCUT2D eigenvalue weighted by atomic mass is 32.2. The van der Waals surface area contributed by atoms with Crippen molar-refractivity contribution in [2.75, 3.05) is 12.5 Å². The molecule has 0 bridgehead atoms. The molecule has 92 valence electrons. The summed E-state index contributed by atoms with van der Waals surface area (Å²) in [5.74, 6) is 3.05. The molecule has 0 aliphatic carbocycles. The van der Waals surface area contributed by atoms with Crippen molar-refractivity contribution < 1.29 is 9.47 Å². The SMILES string of the molecule is Nc1ccc(SCc2ccc3c(c2)OCO3)cn1. The van der Waals surface area contributed by atoms with Gasteiger partial charge in [-0.25, -0.2) is 4.98 Å². The summed E-state index contributed by atoms with van der Waals surface area (Å²) < 4.78 is 10.6. The quantitative estimate of drug-likeness (QED) is 0.860. The first-order valence-corrected chi connectivity index (χ1v) is 6.53. The molecule has 0 saturated carbocycles. The molecule has 0 unspecified atom stereocenters. The predicted molar refractivity (Wildman–Crippen MR) is 70.8 cm³/mol. The fraction of sp³-hybridized carbons (Fsp3) is 0.154. The van der Waals surface area contributed by atoms with Crippen LogP contribution in [0.2, 0.25) is 0 Å². The van der Waals surface area contributed by atoms with Crippen molar-refractivity contribution in [3.05, 3.63) is 42.1 Å². The molecule has 18 heavy (non-hydrogen) atoms. The van der Waals surface area contributed by atoms with E-state index in [9.17, 15) is 0 Å². The van der Waals surface area contributed by atoms with E-state index in [1.54, 1.807) is 18.0 Å². The number of rotatable bonds is 3. The van der Waals surface area contributed by atoms with Gasteiger partial charge in [0.15, 0.2) is 11.5 Å². The number of nitrogens with zero attached hydrogens (tertiary/aromatic N) is 1. The standard InChI is InChI=1S/C13H12N2O2S/c14-13-4-2-10(6-15-13)18-7-9-1-3-11-12(5-9)17-8-16-11/h1-6H,7-8H2,(H2,14,15). The maximum Gasteiger partial charge on any atom is 0.231 e. The van der Waals surface area contributed by atoms with Crippen molar-refractivity contribution in [2.24, 2.45) is 0 Å². The number of nitrogen functional groups attached to an aromatic ring is 1. The predicted octanol–water partition coefficient (Wildman–Crippen LogP) is 2.68. The van der Waals surface area contributed by atoms with Gasteiger partial charge in [0.2, 0.25) is 6.79 Å². The van der Waals surface area contributed by atoms with Crippen LogP contribution >= 0.6 is 11.8 Å². The third kappa shape index (κ3) is 2.36. The summed E-state index contributed by atoms with van der Waals surface area (Å²) in [6.07, 6.45) is 1.78. The van der Waals surface area contributed by atoms with Crippen LogP contribution in [0.5, 0.6) is 11.5 Å². The maximum absolute atomic E-state index is 5.54. The molecular weight excluding hydrogens is 248 g/mol. The molecule has 3 rings (SSSR count). The van der Waals surface area contributed by atoms with E-state index in [0.29, 0.717) is 12.6 Å². The van der Waals surface area contributed by atoms with E-state index in [-0.39, 0.29) is 0 Å². The minimum atomic E-state index is 0.313. The molecule has 0 amide bonds. The molecule has 0 spiro atoms. The third-order valence-electron chi connectivity index (χ3n) is 2.60. The van der Waals surface area contributed by atoms with Crippen LogP contribution in [-0.4, -0.2) is 11.8 Å². The number of benzene rings is 1. The van der Waals surface area contributed by atoms with E-state index in [1.807, 2.05) is 30.3 Å². The minimum Gasteiger partial charge on any atom is -0.454 e. The Kier molecular flexibility index (Phi) is 2.98. The first-order chi connectivity index (χ1) is 8.81. The number of anilines is 1. The van der Waals surface area contributed by atoms with Crippen molar-refractivity contribution in [1.29, 1.82) is 0 Å². The van der Waals surface area contributed by atoms with Gasteiger partial charge in [-0.05, 0) is 29.8 Å². The van der Waals surface area contributed by atoms with E-state index in [2.05, 4.69) is 4.98 Å². The lowest BCUT2D eigenvalue weighted by atomic mass is 10.2. The molecule has 0 saturated heterocycles. The molecule has 2 heterocycles. The molecule has 0 fully saturated rings. The van der Waals surface area contributed by atoms with Crippen molar-refractivity contribution in [3.8, 4) is 11.5 Å². The molecule has 1 aliphatic rings. The van der Waals surface area contributed by atoms with Crippen molar-refractivity contribution in [3.63, 3.8) is 0 Å². The molecule has 2 aromatic rings. The Hall–Kier alpha value is -1.88. The van der Waals surface area contributed by atoms with Crippen LogP contribution in [0.25, 0.3) is 0 Å². The van der Waals surface area contributed by atoms with Gasteiger partial charge in [0.1, 0.15) is 5.82 Å². The Labute approximate surface area is 109 Å². The normalized spacial score (nSPS) is 12.7. The van der Waals surface area contributed by atoms with E-state index in [0.717, 1.165) is 22.1 Å². The summed E-state index contributed by atoms with van der Waals surface area (Å²) in [6, 6.07) is 9.78. The molecule has 2 N–H and O–H groups in total. The zero-order valence-corrected chi connectivity index (χ0v) is 10.4. The van der Waals surface area contributed by atoms with E-state index >= 15 is 0 Å². The zero-order valence-electron chi connectivity index (χ0n) is 9.63. The number of pyridine rings is 1. The third-order valence-corrected chi connectivity index (χ3v) is 3.65. The number of aromatic nitrogens is 1. The fourth-order valence-electron chi connectivity index (χ4n) is 1.67. The second-order valence-electron chi connectivity index (χ2n) is 3.90.